The Morgan fingerprint density at radius 3 is 2.21 bits per heavy atom. The molecule has 4 nitrogen and oxygen atoms in total. The smallest absolute Gasteiger partial charge is 0.400 e. The molecule has 0 amide bonds. The van der Waals surface area contributed by atoms with Crippen molar-refractivity contribution >= 4 is 11.1 Å². The number of oxazole rings is 1. The van der Waals surface area contributed by atoms with Gasteiger partial charge in [-0.25, -0.2) is 0 Å². The van der Waals surface area contributed by atoms with Crippen molar-refractivity contribution in [2.24, 2.45) is 0 Å². The van der Waals surface area contributed by atoms with Gasteiger partial charge in [-0.1, -0.05) is 51.0 Å². The fourth-order valence-corrected chi connectivity index (χ4v) is 3.33. The molecule has 0 radical (unpaired) electrons. The van der Waals surface area contributed by atoms with Crippen LogP contribution < -0.4 is 4.74 Å². The van der Waals surface area contributed by atoms with Gasteiger partial charge in [0.25, 0.3) is 0 Å². The van der Waals surface area contributed by atoms with Crippen LogP contribution in [0.5, 0.6) is 11.8 Å². The summed E-state index contributed by atoms with van der Waals surface area (Å²) >= 11 is 0. The zero-order valence-electron chi connectivity index (χ0n) is 17.2. The molecule has 0 fully saturated rings. The summed E-state index contributed by atoms with van der Waals surface area (Å²) in [4.78, 5) is 6.98. The number of unbranched alkanes of at least 4 members (excludes halogenated alkanes) is 2. The van der Waals surface area contributed by atoms with Crippen LogP contribution >= 0.6 is 0 Å². The van der Waals surface area contributed by atoms with Gasteiger partial charge in [0.1, 0.15) is 11.3 Å². The van der Waals surface area contributed by atoms with Crippen LogP contribution in [0.4, 0.5) is 0 Å². The van der Waals surface area contributed by atoms with Gasteiger partial charge >= 0.3 is 6.08 Å². The first-order valence-corrected chi connectivity index (χ1v) is 10.6. The predicted octanol–water partition coefficient (Wildman–Crippen LogP) is 6.45. The van der Waals surface area contributed by atoms with Gasteiger partial charge in [0.05, 0.1) is 0 Å². The van der Waals surface area contributed by atoms with Crippen molar-refractivity contribution in [3.63, 3.8) is 0 Å². The molecule has 2 aromatic carbocycles. The standard InChI is InChI=1S/C24H32N2O2/c1-3-5-17-26(18-6-4-2)19-9-10-20-13-15-21(16-14-20)27-24-25-22-11-7-8-12-23(22)28-24/h7-8,11-16H,3-6,9-10,17-19H2,1-2H3. The Morgan fingerprint density at radius 2 is 1.54 bits per heavy atom. The van der Waals surface area contributed by atoms with Crippen molar-refractivity contribution in [3.8, 4) is 11.8 Å². The Bertz CT molecular complexity index is 785. The molecule has 1 heterocycles. The Hall–Kier alpha value is -2.33. The van der Waals surface area contributed by atoms with Crippen LogP contribution in [0.1, 0.15) is 51.5 Å². The summed E-state index contributed by atoms with van der Waals surface area (Å²) in [6.07, 6.45) is 7.71. The van der Waals surface area contributed by atoms with E-state index >= 15 is 0 Å². The number of fused-ring (bicyclic) bond motifs is 1. The average Bonchev–Trinajstić information content (AvgIpc) is 3.13. The van der Waals surface area contributed by atoms with Gasteiger partial charge in [-0.15, -0.1) is 0 Å². The van der Waals surface area contributed by atoms with E-state index in [4.69, 9.17) is 9.15 Å². The number of hydrogen-bond donors (Lipinski definition) is 0. The molecule has 0 N–H and O–H groups in total. The number of para-hydroxylation sites is 2. The van der Waals surface area contributed by atoms with Crippen LogP contribution in [0, 0.1) is 0 Å². The quantitative estimate of drug-likeness (QED) is 0.362. The molecule has 0 bridgehead atoms. The Kier molecular flexibility index (Phi) is 7.92. The summed E-state index contributed by atoms with van der Waals surface area (Å²) in [6, 6.07) is 15.9. The highest BCUT2D eigenvalue weighted by Gasteiger charge is 2.08. The summed E-state index contributed by atoms with van der Waals surface area (Å²) in [7, 11) is 0. The zero-order valence-corrected chi connectivity index (χ0v) is 17.2. The van der Waals surface area contributed by atoms with Gasteiger partial charge in [0, 0.05) is 0 Å². The lowest BCUT2D eigenvalue weighted by atomic mass is 10.1. The van der Waals surface area contributed by atoms with Crippen LogP contribution in [-0.2, 0) is 6.42 Å². The van der Waals surface area contributed by atoms with Gasteiger partial charge in [-0.05, 0) is 75.1 Å². The van der Waals surface area contributed by atoms with E-state index in [9.17, 15) is 0 Å². The summed E-state index contributed by atoms with van der Waals surface area (Å²) in [5.74, 6) is 0.753. The predicted molar refractivity (Wildman–Crippen MR) is 115 cm³/mol. The van der Waals surface area contributed by atoms with Gasteiger partial charge in [0.15, 0.2) is 5.58 Å². The highest BCUT2D eigenvalue weighted by Crippen LogP contribution is 2.25. The van der Waals surface area contributed by atoms with Gasteiger partial charge in [0.2, 0.25) is 0 Å². The second-order valence-electron chi connectivity index (χ2n) is 7.35. The van der Waals surface area contributed by atoms with E-state index in [2.05, 4.69) is 35.9 Å². The molecule has 0 saturated carbocycles. The van der Waals surface area contributed by atoms with Crippen LogP contribution in [0.3, 0.4) is 0 Å². The third kappa shape index (κ3) is 6.10. The molecule has 0 saturated heterocycles. The van der Waals surface area contributed by atoms with Gasteiger partial charge < -0.3 is 14.1 Å². The summed E-state index contributed by atoms with van der Waals surface area (Å²) < 4.78 is 11.4. The molecular formula is C24H32N2O2. The number of rotatable bonds is 12. The Labute approximate surface area is 168 Å². The number of ether oxygens (including phenoxy) is 1. The molecule has 28 heavy (non-hydrogen) atoms. The lowest BCUT2D eigenvalue weighted by Crippen LogP contribution is -2.27. The minimum atomic E-state index is 0.288. The first-order valence-electron chi connectivity index (χ1n) is 10.6. The fraction of sp³-hybridized carbons (Fsp3) is 0.458. The van der Waals surface area contributed by atoms with E-state index in [-0.39, 0.29) is 6.08 Å². The van der Waals surface area contributed by atoms with Gasteiger partial charge in [-0.3, -0.25) is 0 Å². The minimum Gasteiger partial charge on any atom is -0.411 e. The lowest BCUT2D eigenvalue weighted by Gasteiger charge is -2.21. The van der Waals surface area contributed by atoms with Crippen LogP contribution in [0.25, 0.3) is 11.1 Å². The number of nitrogens with zero attached hydrogens (tertiary/aromatic N) is 2. The molecule has 0 aliphatic rings. The summed E-state index contributed by atoms with van der Waals surface area (Å²) in [6.45, 7) is 8.17. The molecule has 150 valence electrons. The topological polar surface area (TPSA) is 38.5 Å². The zero-order chi connectivity index (χ0) is 19.6. The molecule has 0 atom stereocenters. The fourth-order valence-electron chi connectivity index (χ4n) is 3.33. The van der Waals surface area contributed by atoms with E-state index < -0.39 is 0 Å². The molecule has 4 heteroatoms. The molecule has 0 aliphatic heterocycles. The number of aromatic nitrogens is 1. The van der Waals surface area contributed by atoms with E-state index in [0.29, 0.717) is 0 Å². The Morgan fingerprint density at radius 1 is 0.857 bits per heavy atom. The molecule has 1 aromatic heterocycles. The van der Waals surface area contributed by atoms with Crippen molar-refractivity contribution < 1.29 is 9.15 Å². The molecule has 0 spiro atoms. The molecule has 0 unspecified atom stereocenters. The monoisotopic (exact) mass is 380 g/mol. The largest absolute Gasteiger partial charge is 0.411 e. The summed E-state index contributed by atoms with van der Waals surface area (Å²) in [5.41, 5.74) is 2.89. The van der Waals surface area contributed by atoms with Crippen molar-refractivity contribution in [2.45, 2.75) is 52.4 Å². The van der Waals surface area contributed by atoms with Crippen LogP contribution in [0.15, 0.2) is 52.9 Å². The highest BCUT2D eigenvalue weighted by atomic mass is 16.6. The molecule has 0 aliphatic carbocycles. The van der Waals surface area contributed by atoms with E-state index in [1.807, 2.05) is 36.4 Å². The number of hydrogen-bond acceptors (Lipinski definition) is 4. The van der Waals surface area contributed by atoms with E-state index in [1.165, 1.54) is 57.3 Å². The second kappa shape index (κ2) is 10.9. The van der Waals surface area contributed by atoms with Crippen molar-refractivity contribution in [1.29, 1.82) is 0 Å². The number of aryl methyl sites for hydroxylation is 1. The van der Waals surface area contributed by atoms with Crippen LogP contribution in [0.2, 0.25) is 0 Å². The van der Waals surface area contributed by atoms with E-state index in [0.717, 1.165) is 23.3 Å². The minimum absolute atomic E-state index is 0.288. The molecule has 3 aromatic rings. The maximum absolute atomic E-state index is 5.76. The van der Waals surface area contributed by atoms with E-state index in [1.54, 1.807) is 0 Å². The first-order chi connectivity index (χ1) is 13.8. The maximum Gasteiger partial charge on any atom is 0.400 e. The van der Waals surface area contributed by atoms with Crippen molar-refractivity contribution in [1.82, 2.24) is 9.88 Å². The maximum atomic E-state index is 5.76. The summed E-state index contributed by atoms with van der Waals surface area (Å²) in [5, 5.41) is 0. The van der Waals surface area contributed by atoms with Gasteiger partial charge in [-0.2, -0.15) is 4.98 Å². The third-order valence-electron chi connectivity index (χ3n) is 5.00. The van der Waals surface area contributed by atoms with Crippen molar-refractivity contribution in [3.05, 3.63) is 54.1 Å². The third-order valence-corrected chi connectivity index (χ3v) is 5.00. The Balaban J connectivity index is 1.48. The van der Waals surface area contributed by atoms with Crippen LogP contribution in [-0.4, -0.2) is 29.5 Å². The normalized spacial score (nSPS) is 11.4. The SMILES string of the molecule is CCCCN(CCCC)CCCc1ccc(Oc2nc3ccccc3o2)cc1. The molecular weight excluding hydrogens is 348 g/mol. The molecule has 3 rings (SSSR count). The van der Waals surface area contributed by atoms with Crippen molar-refractivity contribution in [2.75, 3.05) is 19.6 Å². The highest BCUT2D eigenvalue weighted by molar-refractivity contribution is 5.72. The lowest BCUT2D eigenvalue weighted by molar-refractivity contribution is 0.262. The number of benzene rings is 2. The first kappa shape index (κ1) is 20.4. The average molecular weight is 381 g/mol. The second-order valence-corrected chi connectivity index (χ2v) is 7.35.